The van der Waals surface area contributed by atoms with Gasteiger partial charge in [0.25, 0.3) is 5.56 Å². The number of rotatable bonds is 4. The zero-order chi connectivity index (χ0) is 16.8. The molecule has 2 aromatic heterocycles. The number of phosphoric ester groups is 1. The van der Waals surface area contributed by atoms with E-state index in [1.807, 2.05) is 0 Å². The molecule has 3 heterocycles. The molecule has 0 amide bonds. The Bertz CT molecular complexity index is 831. The molecule has 24 heavy (non-hydrogen) atoms. The van der Waals surface area contributed by atoms with Gasteiger partial charge in [0.05, 0.1) is 19.0 Å². The number of nitrogens with one attached hydrogen (secondary N) is 1. The number of phosphoric acid groups is 1. The predicted molar refractivity (Wildman–Crippen MR) is 80.1 cm³/mol. The fraction of sp³-hybridized carbons (Fsp3) is 0.500. The average Bonchev–Trinajstić information content (AvgIpc) is 2.99. The molecule has 3 unspecified atom stereocenters. The van der Waals surface area contributed by atoms with Gasteiger partial charge in [0.15, 0.2) is 11.2 Å². The molecule has 1 aliphatic heterocycles. The van der Waals surface area contributed by atoms with Crippen LogP contribution >= 0.6 is 7.82 Å². The molecule has 3 rings (SSSR count). The lowest BCUT2D eigenvalue weighted by Crippen LogP contribution is -2.25. The third kappa shape index (κ3) is 3.62. The summed E-state index contributed by atoms with van der Waals surface area (Å²) < 4.78 is 22.0. The highest BCUT2D eigenvalue weighted by molar-refractivity contribution is 7.46. The Morgan fingerprint density at radius 1 is 1.54 bits per heavy atom. The molecule has 0 aliphatic carbocycles. The number of nitrogens with zero attached hydrogens (tertiary/aromatic N) is 3. The highest BCUT2D eigenvalue weighted by atomic mass is 31.2. The van der Waals surface area contributed by atoms with Crippen LogP contribution in [0, 0.1) is 0 Å². The maximum Gasteiger partial charge on any atom is 0.469 e. The number of fused-ring (bicyclic) bond motifs is 1. The number of anilines is 1. The molecule has 1 fully saturated rings. The zero-order valence-electron chi connectivity index (χ0n) is 12.3. The van der Waals surface area contributed by atoms with Crippen molar-refractivity contribution in [2.24, 2.45) is 0 Å². The molecule has 0 aromatic carbocycles. The second kappa shape index (κ2) is 6.57. The lowest BCUT2D eigenvalue weighted by Gasteiger charge is -2.16. The fourth-order valence-corrected chi connectivity index (χ4v) is 2.70. The maximum absolute atomic E-state index is 11.7. The first-order valence-electron chi connectivity index (χ1n) is 6.50. The molecular weight excluding hydrogens is 347 g/mol. The second-order valence-corrected chi connectivity index (χ2v) is 6.23. The normalized spacial score (nSPS) is 24.2. The van der Waals surface area contributed by atoms with Gasteiger partial charge in [0.2, 0.25) is 5.95 Å². The topological polar surface area (TPSA) is 221 Å². The number of aromatic amines is 1. The summed E-state index contributed by atoms with van der Waals surface area (Å²) in [5, 5.41) is 9.93. The van der Waals surface area contributed by atoms with Gasteiger partial charge in [-0.1, -0.05) is 0 Å². The number of imidazole rings is 1. The van der Waals surface area contributed by atoms with Crippen molar-refractivity contribution in [2.45, 2.75) is 24.9 Å². The first-order chi connectivity index (χ1) is 10.7. The standard InChI is InChI=1S/C10H14N5O7P.H3N/c11-10-13-8-7(9(17)14-10)12-3-15(8)6-1-4(16)5(22-6)2-21-23(18,19)20;/h3-6,16H,1-2H2,(H2,18,19,20)(H3,11,13,14,17);1H3. The van der Waals surface area contributed by atoms with Gasteiger partial charge in [-0.25, -0.2) is 9.55 Å². The van der Waals surface area contributed by atoms with Crippen LogP contribution in [0.4, 0.5) is 5.95 Å². The van der Waals surface area contributed by atoms with E-state index in [1.165, 1.54) is 10.9 Å². The Kier molecular flexibility index (Phi) is 5.05. The summed E-state index contributed by atoms with van der Waals surface area (Å²) in [6.45, 7) is -0.481. The van der Waals surface area contributed by atoms with Gasteiger partial charge in [-0.05, 0) is 0 Å². The van der Waals surface area contributed by atoms with E-state index >= 15 is 0 Å². The van der Waals surface area contributed by atoms with Crippen LogP contribution in [-0.4, -0.2) is 53.2 Å². The van der Waals surface area contributed by atoms with Crippen molar-refractivity contribution in [3.63, 3.8) is 0 Å². The molecule has 0 saturated carbocycles. The number of H-pyrrole nitrogens is 1. The number of hydrogen-bond donors (Lipinski definition) is 6. The Labute approximate surface area is 134 Å². The number of nitrogens with two attached hydrogens (primary N) is 1. The molecule has 14 heteroatoms. The first kappa shape index (κ1) is 18.5. The molecule has 0 spiro atoms. The number of nitrogen functional groups attached to an aromatic ring is 1. The van der Waals surface area contributed by atoms with E-state index in [-0.39, 0.29) is 29.7 Å². The summed E-state index contributed by atoms with van der Waals surface area (Å²) in [4.78, 5) is 39.3. The van der Waals surface area contributed by atoms with E-state index in [1.54, 1.807) is 0 Å². The fourth-order valence-electron chi connectivity index (χ4n) is 2.36. The van der Waals surface area contributed by atoms with Gasteiger partial charge in [-0.3, -0.25) is 18.9 Å². The Hall–Kier alpha value is -1.86. The Balaban J connectivity index is 0.00000208. The minimum absolute atomic E-state index is 0. The van der Waals surface area contributed by atoms with Crippen LogP contribution in [0.2, 0.25) is 0 Å². The highest BCUT2D eigenvalue weighted by Crippen LogP contribution is 2.38. The van der Waals surface area contributed by atoms with Crippen LogP contribution in [0.1, 0.15) is 12.6 Å². The Morgan fingerprint density at radius 3 is 2.92 bits per heavy atom. The van der Waals surface area contributed by atoms with Crippen LogP contribution in [0.25, 0.3) is 11.2 Å². The molecule has 9 N–H and O–H groups in total. The molecule has 1 aliphatic rings. The third-order valence-corrected chi connectivity index (χ3v) is 3.86. The monoisotopic (exact) mass is 364 g/mol. The summed E-state index contributed by atoms with van der Waals surface area (Å²) in [6.07, 6.45) is -1.26. The van der Waals surface area contributed by atoms with E-state index in [0.29, 0.717) is 0 Å². The van der Waals surface area contributed by atoms with Crippen molar-refractivity contribution in [2.75, 3.05) is 12.3 Å². The summed E-state index contributed by atoms with van der Waals surface area (Å²) in [5.74, 6) is -0.0934. The largest absolute Gasteiger partial charge is 0.469 e. The van der Waals surface area contributed by atoms with Crippen LogP contribution < -0.4 is 17.4 Å². The van der Waals surface area contributed by atoms with Crippen molar-refractivity contribution < 1.29 is 28.7 Å². The SMILES string of the molecule is N.Nc1nc2c(ncn2C2CC(O)C(COP(=O)(O)O)O2)c(=O)[nH]1. The average molecular weight is 364 g/mol. The van der Waals surface area contributed by atoms with Crippen LogP contribution in [-0.2, 0) is 13.8 Å². The van der Waals surface area contributed by atoms with Crippen molar-refractivity contribution in [1.29, 1.82) is 0 Å². The van der Waals surface area contributed by atoms with Gasteiger partial charge in [0.1, 0.15) is 12.3 Å². The number of hydrogen-bond acceptors (Lipinski definition) is 9. The molecule has 0 bridgehead atoms. The number of ether oxygens (including phenoxy) is 1. The number of aliphatic hydroxyl groups excluding tert-OH is 1. The van der Waals surface area contributed by atoms with Crippen LogP contribution in [0.15, 0.2) is 11.1 Å². The first-order valence-corrected chi connectivity index (χ1v) is 8.03. The lowest BCUT2D eigenvalue weighted by molar-refractivity contribution is -0.0424. The second-order valence-electron chi connectivity index (χ2n) is 4.99. The molecule has 1 saturated heterocycles. The number of aromatic nitrogens is 4. The van der Waals surface area contributed by atoms with Crippen LogP contribution in [0.5, 0.6) is 0 Å². The highest BCUT2D eigenvalue weighted by Gasteiger charge is 2.37. The van der Waals surface area contributed by atoms with Crippen molar-refractivity contribution in [1.82, 2.24) is 25.7 Å². The van der Waals surface area contributed by atoms with Gasteiger partial charge < -0.3 is 31.5 Å². The molecule has 134 valence electrons. The molecular formula is C10H17N6O7P. The van der Waals surface area contributed by atoms with Crippen molar-refractivity contribution in [3.8, 4) is 0 Å². The van der Waals surface area contributed by atoms with E-state index in [9.17, 15) is 14.5 Å². The minimum Gasteiger partial charge on any atom is -0.390 e. The molecule has 0 radical (unpaired) electrons. The third-order valence-electron chi connectivity index (χ3n) is 3.37. The predicted octanol–water partition coefficient (Wildman–Crippen LogP) is -1.38. The minimum atomic E-state index is -4.66. The smallest absolute Gasteiger partial charge is 0.390 e. The van der Waals surface area contributed by atoms with Crippen molar-refractivity contribution >= 4 is 24.9 Å². The quantitative estimate of drug-likeness (QED) is 0.347. The van der Waals surface area contributed by atoms with E-state index in [2.05, 4.69) is 19.5 Å². The maximum atomic E-state index is 11.7. The molecule has 2 aromatic rings. The summed E-state index contributed by atoms with van der Waals surface area (Å²) >= 11 is 0. The van der Waals surface area contributed by atoms with Crippen molar-refractivity contribution in [3.05, 3.63) is 16.7 Å². The van der Waals surface area contributed by atoms with E-state index < -0.39 is 38.4 Å². The van der Waals surface area contributed by atoms with Gasteiger partial charge in [0, 0.05) is 6.42 Å². The lowest BCUT2D eigenvalue weighted by atomic mass is 10.2. The van der Waals surface area contributed by atoms with Gasteiger partial charge in [-0.2, -0.15) is 4.98 Å². The van der Waals surface area contributed by atoms with E-state index in [4.69, 9.17) is 20.3 Å². The summed E-state index contributed by atoms with van der Waals surface area (Å²) in [5.41, 5.74) is 5.23. The molecule has 13 nitrogen and oxygen atoms in total. The van der Waals surface area contributed by atoms with Gasteiger partial charge in [-0.15, -0.1) is 0 Å². The molecule has 3 atom stereocenters. The summed E-state index contributed by atoms with van der Waals surface area (Å²) in [6, 6.07) is 0. The van der Waals surface area contributed by atoms with Crippen LogP contribution in [0.3, 0.4) is 0 Å². The summed E-state index contributed by atoms with van der Waals surface area (Å²) in [7, 11) is -4.66. The van der Waals surface area contributed by atoms with Gasteiger partial charge >= 0.3 is 7.82 Å². The Morgan fingerprint density at radius 2 is 2.25 bits per heavy atom. The number of aliphatic hydroxyl groups is 1. The van der Waals surface area contributed by atoms with E-state index in [0.717, 1.165) is 0 Å². The zero-order valence-corrected chi connectivity index (χ0v) is 13.2.